The highest BCUT2D eigenvalue weighted by molar-refractivity contribution is 7.92. The molecule has 0 aliphatic rings. The minimum Gasteiger partial charge on any atom is -0.368 e. The third kappa shape index (κ3) is 5.06. The standard InChI is InChI=1S/C20H20N6O2S/c1-4-17-16(19(25-20(21)24-17)15-6-5-9-22-12-15)8-7-14-10-18(13(2)23-11-14)26-29(3,27)28/h5-6,9-12,26H,4H2,1-3H3,(H2,21,24,25)/p+1. The Morgan fingerprint density at radius 2 is 2.07 bits per heavy atom. The van der Waals surface area contributed by atoms with Gasteiger partial charge < -0.3 is 5.73 Å². The van der Waals surface area contributed by atoms with Crippen molar-refractivity contribution in [2.24, 2.45) is 0 Å². The molecule has 0 fully saturated rings. The number of anilines is 2. The second kappa shape index (κ2) is 8.24. The second-order valence-corrected chi connectivity index (χ2v) is 8.15. The molecule has 0 amide bonds. The van der Waals surface area contributed by atoms with Gasteiger partial charge in [0.05, 0.1) is 28.8 Å². The van der Waals surface area contributed by atoms with Gasteiger partial charge in [-0.05, 0) is 24.6 Å². The summed E-state index contributed by atoms with van der Waals surface area (Å²) in [5.41, 5.74) is 10.4. The Hall–Kier alpha value is -3.51. The molecule has 3 heterocycles. The predicted octanol–water partition coefficient (Wildman–Crippen LogP) is 1.58. The van der Waals surface area contributed by atoms with Crippen LogP contribution in [-0.4, -0.2) is 29.6 Å². The van der Waals surface area contributed by atoms with Crippen molar-refractivity contribution in [2.45, 2.75) is 20.3 Å². The third-order valence-electron chi connectivity index (χ3n) is 4.05. The minimum atomic E-state index is -3.40. The van der Waals surface area contributed by atoms with E-state index in [1.807, 2.05) is 19.1 Å². The number of nitrogen functional groups attached to an aromatic ring is 1. The summed E-state index contributed by atoms with van der Waals surface area (Å²) in [6, 6.07) is 5.37. The van der Waals surface area contributed by atoms with Gasteiger partial charge in [-0.2, -0.15) is 0 Å². The van der Waals surface area contributed by atoms with Gasteiger partial charge in [-0.1, -0.05) is 18.8 Å². The van der Waals surface area contributed by atoms with Crippen molar-refractivity contribution < 1.29 is 13.4 Å². The molecule has 0 spiro atoms. The molecule has 0 radical (unpaired) electrons. The highest BCUT2D eigenvalue weighted by atomic mass is 32.2. The molecule has 3 rings (SSSR count). The minimum absolute atomic E-state index is 0.176. The van der Waals surface area contributed by atoms with E-state index in [1.54, 1.807) is 31.6 Å². The van der Waals surface area contributed by atoms with Crippen LogP contribution >= 0.6 is 0 Å². The lowest BCUT2D eigenvalue weighted by molar-refractivity contribution is -0.386. The van der Waals surface area contributed by atoms with E-state index >= 15 is 0 Å². The van der Waals surface area contributed by atoms with Gasteiger partial charge in [-0.15, -0.1) is 0 Å². The number of aromatic amines is 1. The molecule has 0 unspecified atom stereocenters. The molecule has 3 aromatic heterocycles. The Balaban J connectivity index is 2.11. The third-order valence-corrected chi connectivity index (χ3v) is 4.64. The lowest BCUT2D eigenvalue weighted by atomic mass is 10.0. The van der Waals surface area contributed by atoms with Gasteiger partial charge in [0, 0.05) is 24.9 Å². The summed E-state index contributed by atoms with van der Waals surface area (Å²) in [6.07, 6.45) is 6.82. The molecular formula is C20H21N6O2S+. The fourth-order valence-corrected chi connectivity index (χ4v) is 3.32. The molecule has 8 nitrogen and oxygen atoms in total. The van der Waals surface area contributed by atoms with E-state index in [1.165, 1.54) is 0 Å². The molecule has 148 valence electrons. The fraction of sp³-hybridized carbons (Fsp3) is 0.200. The molecule has 0 bridgehead atoms. The van der Waals surface area contributed by atoms with Crippen LogP contribution in [0.5, 0.6) is 0 Å². The van der Waals surface area contributed by atoms with Crippen LogP contribution in [-0.2, 0) is 16.4 Å². The molecule has 0 aliphatic carbocycles. The van der Waals surface area contributed by atoms with Gasteiger partial charge in [0.15, 0.2) is 6.20 Å². The first-order valence-corrected chi connectivity index (χ1v) is 10.7. The molecule has 4 N–H and O–H groups in total. The van der Waals surface area contributed by atoms with Crippen molar-refractivity contribution in [1.82, 2.24) is 15.0 Å². The summed E-state index contributed by atoms with van der Waals surface area (Å²) >= 11 is 0. The average molecular weight is 409 g/mol. The maximum Gasteiger partial charge on any atom is 0.230 e. The maximum atomic E-state index is 11.6. The summed E-state index contributed by atoms with van der Waals surface area (Å²) in [5, 5.41) is 0. The first kappa shape index (κ1) is 20.2. The van der Waals surface area contributed by atoms with Crippen molar-refractivity contribution in [2.75, 3.05) is 16.7 Å². The number of nitrogens with one attached hydrogen (secondary N) is 2. The number of rotatable bonds is 4. The van der Waals surface area contributed by atoms with Crippen molar-refractivity contribution in [3.05, 3.63) is 59.3 Å². The summed E-state index contributed by atoms with van der Waals surface area (Å²) in [7, 11) is -3.40. The van der Waals surface area contributed by atoms with Crippen molar-refractivity contribution in [1.29, 1.82) is 0 Å². The van der Waals surface area contributed by atoms with Crippen molar-refractivity contribution >= 4 is 21.7 Å². The van der Waals surface area contributed by atoms with Crippen LogP contribution in [0.15, 0.2) is 36.8 Å². The number of nitrogens with zero attached hydrogens (tertiary/aromatic N) is 3. The molecule has 0 saturated heterocycles. The van der Waals surface area contributed by atoms with Crippen LogP contribution in [0.1, 0.15) is 29.4 Å². The van der Waals surface area contributed by atoms with Crippen LogP contribution in [0.3, 0.4) is 0 Å². The number of aromatic nitrogens is 4. The van der Waals surface area contributed by atoms with Gasteiger partial charge >= 0.3 is 0 Å². The van der Waals surface area contributed by atoms with Gasteiger partial charge in [-0.3, -0.25) is 9.71 Å². The van der Waals surface area contributed by atoms with E-state index in [-0.39, 0.29) is 5.95 Å². The Kier molecular flexibility index (Phi) is 5.75. The number of aryl methyl sites for hydroxylation is 2. The van der Waals surface area contributed by atoms with Crippen LogP contribution in [0.4, 0.5) is 11.6 Å². The Morgan fingerprint density at radius 3 is 2.72 bits per heavy atom. The Labute approximate surface area is 169 Å². The van der Waals surface area contributed by atoms with Crippen LogP contribution < -0.4 is 15.4 Å². The molecule has 0 aliphatic heterocycles. The SMILES string of the molecule is CCc1nc(N)nc(-c2cccnc2)c1C#Cc1c[nH+]c(C)c(NS(C)(=O)=O)c1. The Bertz CT molecular complexity index is 1210. The van der Waals surface area contributed by atoms with E-state index in [4.69, 9.17) is 5.73 Å². The summed E-state index contributed by atoms with van der Waals surface area (Å²) in [4.78, 5) is 15.8. The zero-order chi connectivity index (χ0) is 21.0. The molecule has 0 aromatic carbocycles. The molecule has 0 saturated carbocycles. The Morgan fingerprint density at radius 1 is 1.28 bits per heavy atom. The molecule has 9 heteroatoms. The zero-order valence-corrected chi connectivity index (χ0v) is 17.1. The second-order valence-electron chi connectivity index (χ2n) is 6.40. The monoisotopic (exact) mass is 409 g/mol. The van der Waals surface area contributed by atoms with Crippen LogP contribution in [0, 0.1) is 18.8 Å². The number of H-pyrrole nitrogens is 1. The summed E-state index contributed by atoms with van der Waals surface area (Å²) in [5.74, 6) is 6.37. The fourth-order valence-electron chi connectivity index (χ4n) is 2.71. The largest absolute Gasteiger partial charge is 0.368 e. The van der Waals surface area contributed by atoms with Crippen molar-refractivity contribution in [3.8, 4) is 23.1 Å². The lowest BCUT2D eigenvalue weighted by Crippen LogP contribution is -2.16. The first-order valence-electron chi connectivity index (χ1n) is 8.85. The topological polar surface area (TPSA) is 125 Å². The molecule has 3 aromatic rings. The number of hydrogen-bond acceptors (Lipinski definition) is 6. The highest BCUT2D eigenvalue weighted by Gasteiger charge is 2.14. The smallest absolute Gasteiger partial charge is 0.230 e. The number of nitrogens with two attached hydrogens (primary N) is 1. The van der Waals surface area contributed by atoms with Crippen molar-refractivity contribution in [3.63, 3.8) is 0 Å². The van der Waals surface area contributed by atoms with E-state index < -0.39 is 10.0 Å². The molecule has 0 atom stereocenters. The van der Waals surface area contributed by atoms with Crippen LogP contribution in [0.2, 0.25) is 0 Å². The van der Waals surface area contributed by atoms with Gasteiger partial charge in [0.25, 0.3) is 0 Å². The number of sulfonamides is 1. The van der Waals surface area contributed by atoms with Gasteiger partial charge in [-0.25, -0.2) is 23.4 Å². The van der Waals surface area contributed by atoms with E-state index in [9.17, 15) is 8.42 Å². The molecular weight excluding hydrogens is 388 g/mol. The summed E-state index contributed by atoms with van der Waals surface area (Å²) in [6.45, 7) is 3.74. The number of pyridine rings is 2. The average Bonchev–Trinajstić information content (AvgIpc) is 2.68. The maximum absolute atomic E-state index is 11.6. The molecule has 29 heavy (non-hydrogen) atoms. The highest BCUT2D eigenvalue weighted by Crippen LogP contribution is 2.24. The zero-order valence-electron chi connectivity index (χ0n) is 16.3. The van der Waals surface area contributed by atoms with E-state index in [0.29, 0.717) is 34.6 Å². The number of hydrogen-bond donors (Lipinski definition) is 2. The van der Waals surface area contributed by atoms with Gasteiger partial charge in [0.2, 0.25) is 21.7 Å². The van der Waals surface area contributed by atoms with Gasteiger partial charge in [0.1, 0.15) is 5.69 Å². The summed E-state index contributed by atoms with van der Waals surface area (Å²) < 4.78 is 25.6. The quantitative estimate of drug-likeness (QED) is 0.630. The lowest BCUT2D eigenvalue weighted by Gasteiger charge is -2.09. The van der Waals surface area contributed by atoms with Crippen LogP contribution in [0.25, 0.3) is 11.3 Å². The predicted molar refractivity (Wildman–Crippen MR) is 111 cm³/mol. The first-order chi connectivity index (χ1) is 13.8. The van der Waals surface area contributed by atoms with E-state index in [0.717, 1.165) is 17.5 Å². The normalized spacial score (nSPS) is 10.9. The van der Waals surface area contributed by atoms with E-state index in [2.05, 4.69) is 36.5 Å².